The van der Waals surface area contributed by atoms with Crippen LogP contribution >= 0.6 is 0 Å². The Labute approximate surface area is 177 Å². The van der Waals surface area contributed by atoms with Gasteiger partial charge in [0.2, 0.25) is 0 Å². The number of morpholine rings is 1. The number of nitrogen functional groups attached to an aromatic ring is 1. The highest BCUT2D eigenvalue weighted by Gasteiger charge is 2.31. The van der Waals surface area contributed by atoms with E-state index in [1.165, 1.54) is 12.1 Å². The van der Waals surface area contributed by atoms with E-state index < -0.39 is 24.9 Å². The minimum Gasteiger partial charge on any atom is -0.507 e. The van der Waals surface area contributed by atoms with Gasteiger partial charge in [0.05, 0.1) is 16.9 Å². The summed E-state index contributed by atoms with van der Waals surface area (Å²) < 4.78 is 19.5. The van der Waals surface area contributed by atoms with Crippen molar-refractivity contribution >= 4 is 17.5 Å². The van der Waals surface area contributed by atoms with E-state index in [4.69, 9.17) is 15.6 Å². The summed E-state index contributed by atoms with van der Waals surface area (Å²) in [7, 11) is 0. The molecule has 1 aliphatic rings. The highest BCUT2D eigenvalue weighted by atomic mass is 19.1. The van der Waals surface area contributed by atoms with Crippen molar-refractivity contribution in [3.8, 4) is 17.0 Å². The molecule has 0 amide bonds. The Balaban J connectivity index is 1.66. The number of carboxylic acid groups (broad SMARTS) is 1. The Hall–Kier alpha value is -3.72. The molecule has 0 bridgehead atoms. The summed E-state index contributed by atoms with van der Waals surface area (Å²) in [5.41, 5.74) is 8.48. The Morgan fingerprint density at radius 3 is 2.58 bits per heavy atom. The van der Waals surface area contributed by atoms with E-state index >= 15 is 0 Å². The molecule has 1 aliphatic heterocycles. The van der Waals surface area contributed by atoms with Crippen molar-refractivity contribution in [1.29, 1.82) is 0 Å². The van der Waals surface area contributed by atoms with E-state index in [1.54, 1.807) is 42.5 Å². The second-order valence-electron chi connectivity index (χ2n) is 7.25. The molecule has 2 heterocycles. The third-order valence-corrected chi connectivity index (χ3v) is 5.19. The maximum atomic E-state index is 13.6. The summed E-state index contributed by atoms with van der Waals surface area (Å²) in [6.45, 7) is -0.0692. The molecule has 1 aromatic heterocycles. The minimum atomic E-state index is -1.02. The van der Waals surface area contributed by atoms with Crippen molar-refractivity contribution in [2.24, 2.45) is 0 Å². The SMILES string of the molecule is Nc1nnc(-c2ccccc2O)cc1N1C[C@H](CF)O[C@H](c2ccc(C(=O)O)cc2)C1. The molecule has 0 radical (unpaired) electrons. The average Bonchev–Trinajstić information content (AvgIpc) is 2.79. The van der Waals surface area contributed by atoms with E-state index in [0.29, 0.717) is 23.5 Å². The molecule has 1 fully saturated rings. The van der Waals surface area contributed by atoms with Gasteiger partial charge >= 0.3 is 5.97 Å². The lowest BCUT2D eigenvalue weighted by atomic mass is 10.0. The number of alkyl halides is 1. The Kier molecular flexibility index (Phi) is 5.68. The third kappa shape index (κ3) is 4.26. The second kappa shape index (κ2) is 8.57. The number of para-hydroxylation sites is 1. The smallest absolute Gasteiger partial charge is 0.335 e. The second-order valence-corrected chi connectivity index (χ2v) is 7.25. The van der Waals surface area contributed by atoms with Gasteiger partial charge in [0.15, 0.2) is 5.82 Å². The number of nitrogens with two attached hydrogens (primary N) is 1. The zero-order chi connectivity index (χ0) is 22.0. The number of halogens is 1. The van der Waals surface area contributed by atoms with E-state index in [-0.39, 0.29) is 23.7 Å². The van der Waals surface area contributed by atoms with Gasteiger partial charge in [-0.25, -0.2) is 9.18 Å². The van der Waals surface area contributed by atoms with Gasteiger partial charge in [-0.15, -0.1) is 10.2 Å². The number of phenols is 1. The number of hydrogen-bond acceptors (Lipinski definition) is 7. The van der Waals surface area contributed by atoms with Crippen LogP contribution in [0.3, 0.4) is 0 Å². The predicted molar refractivity (Wildman–Crippen MR) is 113 cm³/mol. The molecule has 2 aromatic carbocycles. The van der Waals surface area contributed by atoms with Gasteiger partial charge in [0.1, 0.15) is 24.6 Å². The summed E-state index contributed by atoms with van der Waals surface area (Å²) in [5, 5.41) is 27.3. The number of carboxylic acids is 1. The number of ether oxygens (including phenoxy) is 1. The van der Waals surface area contributed by atoms with E-state index in [9.17, 15) is 14.3 Å². The molecular formula is C22H21FN4O4. The van der Waals surface area contributed by atoms with Gasteiger partial charge in [-0.3, -0.25) is 0 Å². The summed E-state index contributed by atoms with van der Waals surface area (Å²) in [4.78, 5) is 13.0. The molecule has 1 saturated heterocycles. The van der Waals surface area contributed by atoms with Gasteiger partial charge in [-0.2, -0.15) is 0 Å². The first-order chi connectivity index (χ1) is 15.0. The van der Waals surface area contributed by atoms with Gasteiger partial charge in [0, 0.05) is 18.7 Å². The zero-order valence-electron chi connectivity index (χ0n) is 16.5. The molecule has 4 N–H and O–H groups in total. The normalized spacial score (nSPS) is 18.7. The average molecular weight is 424 g/mol. The van der Waals surface area contributed by atoms with Crippen molar-refractivity contribution in [3.05, 3.63) is 65.7 Å². The molecule has 160 valence electrons. The fourth-order valence-electron chi connectivity index (χ4n) is 3.61. The first kappa shape index (κ1) is 20.5. The highest BCUT2D eigenvalue weighted by Crippen LogP contribution is 2.35. The molecular weight excluding hydrogens is 403 g/mol. The third-order valence-electron chi connectivity index (χ3n) is 5.19. The van der Waals surface area contributed by atoms with Crippen LogP contribution in [-0.2, 0) is 4.74 Å². The molecule has 0 spiro atoms. The van der Waals surface area contributed by atoms with Crippen molar-refractivity contribution in [2.75, 3.05) is 30.4 Å². The number of hydrogen-bond donors (Lipinski definition) is 3. The Morgan fingerprint density at radius 2 is 1.90 bits per heavy atom. The highest BCUT2D eigenvalue weighted by molar-refractivity contribution is 5.87. The van der Waals surface area contributed by atoms with Gasteiger partial charge in [-0.1, -0.05) is 24.3 Å². The van der Waals surface area contributed by atoms with Crippen LogP contribution in [-0.4, -0.2) is 52.2 Å². The summed E-state index contributed by atoms with van der Waals surface area (Å²) >= 11 is 0. The van der Waals surface area contributed by atoms with Crippen molar-refractivity contribution in [2.45, 2.75) is 12.2 Å². The number of phenolic OH excluding ortho intramolecular Hbond substituents is 1. The lowest BCUT2D eigenvalue weighted by Crippen LogP contribution is -2.45. The van der Waals surface area contributed by atoms with Crippen LogP contribution in [0.1, 0.15) is 22.0 Å². The molecule has 4 rings (SSSR count). The fraction of sp³-hybridized carbons (Fsp3) is 0.227. The lowest BCUT2D eigenvalue weighted by molar-refractivity contribution is -0.0380. The van der Waals surface area contributed by atoms with Gasteiger partial charge < -0.3 is 25.6 Å². The summed E-state index contributed by atoms with van der Waals surface area (Å²) in [5.74, 6) is -0.780. The topological polar surface area (TPSA) is 122 Å². The van der Waals surface area contributed by atoms with Crippen LogP contribution in [0, 0.1) is 0 Å². The Bertz CT molecular complexity index is 1090. The van der Waals surface area contributed by atoms with Crippen LogP contribution in [0.5, 0.6) is 5.75 Å². The zero-order valence-corrected chi connectivity index (χ0v) is 16.5. The van der Waals surface area contributed by atoms with E-state index in [0.717, 1.165) is 5.56 Å². The summed E-state index contributed by atoms with van der Waals surface area (Å²) in [6, 6.07) is 14.8. The van der Waals surface area contributed by atoms with Crippen LogP contribution in [0.4, 0.5) is 15.9 Å². The molecule has 9 heteroatoms. The minimum absolute atomic E-state index is 0.0625. The number of aromatic nitrogens is 2. The van der Waals surface area contributed by atoms with Crippen molar-refractivity contribution < 1.29 is 24.1 Å². The largest absolute Gasteiger partial charge is 0.507 e. The van der Waals surface area contributed by atoms with Gasteiger partial charge in [-0.05, 0) is 35.9 Å². The number of carbonyl (C=O) groups is 1. The monoisotopic (exact) mass is 424 g/mol. The molecule has 0 unspecified atom stereocenters. The van der Waals surface area contributed by atoms with Gasteiger partial charge in [0.25, 0.3) is 0 Å². The maximum absolute atomic E-state index is 13.6. The quantitative estimate of drug-likeness (QED) is 0.571. The lowest BCUT2D eigenvalue weighted by Gasteiger charge is -2.39. The maximum Gasteiger partial charge on any atom is 0.335 e. The molecule has 0 saturated carbocycles. The van der Waals surface area contributed by atoms with E-state index in [2.05, 4.69) is 10.2 Å². The number of benzene rings is 2. The number of anilines is 2. The molecule has 3 aromatic rings. The first-order valence-electron chi connectivity index (χ1n) is 9.67. The first-order valence-corrected chi connectivity index (χ1v) is 9.67. The fourth-order valence-corrected chi connectivity index (χ4v) is 3.61. The van der Waals surface area contributed by atoms with Crippen LogP contribution < -0.4 is 10.6 Å². The van der Waals surface area contributed by atoms with E-state index in [1.807, 2.05) is 4.90 Å². The number of aromatic hydroxyl groups is 1. The number of aromatic carboxylic acids is 1. The molecule has 8 nitrogen and oxygen atoms in total. The molecule has 31 heavy (non-hydrogen) atoms. The van der Waals surface area contributed by atoms with Crippen molar-refractivity contribution in [3.63, 3.8) is 0 Å². The van der Waals surface area contributed by atoms with Crippen LogP contribution in [0.2, 0.25) is 0 Å². The number of nitrogens with zero attached hydrogens (tertiary/aromatic N) is 3. The van der Waals surface area contributed by atoms with Crippen molar-refractivity contribution in [1.82, 2.24) is 10.2 Å². The van der Waals surface area contributed by atoms with Crippen LogP contribution in [0.25, 0.3) is 11.3 Å². The predicted octanol–water partition coefficient (Wildman–Crippen LogP) is 3.05. The molecule has 0 aliphatic carbocycles. The summed E-state index contributed by atoms with van der Waals surface area (Å²) in [6.07, 6.45) is -1.18. The standard InChI is InChI=1S/C22H21FN4O4/c23-10-15-11-27(12-20(31-15)13-5-7-14(8-6-13)22(29)30)18-9-17(25-26-21(18)24)16-3-1-2-4-19(16)28/h1-9,15,20,28H,10-12H2,(H2,24,26)(H,29,30)/t15-,20-/m0/s1. The Morgan fingerprint density at radius 1 is 1.16 bits per heavy atom. The van der Waals surface area contributed by atoms with Crippen LogP contribution in [0.15, 0.2) is 54.6 Å². The molecule has 2 atom stereocenters. The number of rotatable bonds is 5.